The van der Waals surface area contributed by atoms with Gasteiger partial charge in [-0.25, -0.2) is 13.6 Å². The Bertz CT molecular complexity index is 534. The maximum atomic E-state index is 13.6. The lowest BCUT2D eigenvalue weighted by Gasteiger charge is -2.15. The number of carbonyl (C=O) groups is 2. The fraction of sp³-hybridized carbons (Fsp3) is 0.385. The van der Waals surface area contributed by atoms with Crippen molar-refractivity contribution in [1.82, 2.24) is 5.32 Å². The van der Waals surface area contributed by atoms with Crippen LogP contribution in [0.15, 0.2) is 12.1 Å². The molecule has 0 bridgehead atoms. The summed E-state index contributed by atoms with van der Waals surface area (Å²) in [5.74, 6) is -4.99. The van der Waals surface area contributed by atoms with Gasteiger partial charge in [0, 0.05) is 6.04 Å². The highest BCUT2D eigenvalue weighted by Gasteiger charge is 2.27. The number of hydrogen-bond donors (Lipinski definition) is 2. The van der Waals surface area contributed by atoms with E-state index in [1.807, 2.05) is 0 Å². The summed E-state index contributed by atoms with van der Waals surface area (Å²) in [5.41, 5.74) is -0.526. The zero-order valence-corrected chi connectivity index (χ0v) is 10.7. The molecule has 1 aliphatic carbocycles. The molecule has 1 fully saturated rings. The molecule has 0 aromatic heterocycles. The fourth-order valence-electron chi connectivity index (χ4n) is 1.57. The average Bonchev–Trinajstić information content (AvgIpc) is 3.16. The maximum Gasteiger partial charge on any atom is 0.335 e. The Morgan fingerprint density at radius 1 is 1.35 bits per heavy atom. The first-order valence-corrected chi connectivity index (χ1v) is 6.08. The second kappa shape index (κ2) is 5.44. The lowest BCUT2D eigenvalue weighted by Crippen LogP contribution is -2.37. The van der Waals surface area contributed by atoms with Crippen LogP contribution in [0.5, 0.6) is 5.75 Å². The number of aromatic carboxylic acids is 1. The minimum Gasteiger partial charge on any atom is -0.478 e. The van der Waals surface area contributed by atoms with E-state index in [0.29, 0.717) is 12.1 Å². The van der Waals surface area contributed by atoms with Gasteiger partial charge in [0.15, 0.2) is 23.5 Å². The number of nitrogens with one attached hydrogen (secondary N) is 1. The Balaban J connectivity index is 2.11. The van der Waals surface area contributed by atoms with Crippen molar-refractivity contribution in [2.75, 3.05) is 0 Å². The van der Waals surface area contributed by atoms with Crippen molar-refractivity contribution in [3.63, 3.8) is 0 Å². The molecular weight excluding hydrogens is 272 g/mol. The monoisotopic (exact) mass is 285 g/mol. The summed E-state index contributed by atoms with van der Waals surface area (Å²) in [4.78, 5) is 22.3. The molecule has 1 unspecified atom stereocenters. The van der Waals surface area contributed by atoms with E-state index in [9.17, 15) is 18.4 Å². The third-order valence-corrected chi connectivity index (χ3v) is 2.83. The highest BCUT2D eigenvalue weighted by molar-refractivity contribution is 5.87. The van der Waals surface area contributed by atoms with E-state index < -0.39 is 40.9 Å². The summed E-state index contributed by atoms with van der Waals surface area (Å²) < 4.78 is 32.2. The van der Waals surface area contributed by atoms with Crippen molar-refractivity contribution in [1.29, 1.82) is 0 Å². The van der Waals surface area contributed by atoms with E-state index in [1.165, 1.54) is 6.92 Å². The van der Waals surface area contributed by atoms with Gasteiger partial charge in [-0.15, -0.1) is 0 Å². The van der Waals surface area contributed by atoms with Crippen molar-refractivity contribution >= 4 is 11.9 Å². The number of benzene rings is 1. The van der Waals surface area contributed by atoms with Gasteiger partial charge in [-0.2, -0.15) is 0 Å². The Morgan fingerprint density at radius 2 is 1.90 bits per heavy atom. The molecule has 1 saturated carbocycles. The van der Waals surface area contributed by atoms with E-state index in [1.54, 1.807) is 0 Å². The average molecular weight is 285 g/mol. The molecule has 1 aromatic rings. The molecular formula is C13H13F2NO4. The lowest BCUT2D eigenvalue weighted by atomic mass is 10.2. The number of halogens is 2. The lowest BCUT2D eigenvalue weighted by molar-refractivity contribution is -0.127. The van der Waals surface area contributed by atoms with E-state index in [4.69, 9.17) is 9.84 Å². The van der Waals surface area contributed by atoms with Crippen molar-refractivity contribution in [3.8, 4) is 5.75 Å². The molecule has 1 aromatic carbocycles. The van der Waals surface area contributed by atoms with Gasteiger partial charge < -0.3 is 15.2 Å². The topological polar surface area (TPSA) is 75.6 Å². The van der Waals surface area contributed by atoms with Gasteiger partial charge in [-0.3, -0.25) is 4.79 Å². The van der Waals surface area contributed by atoms with E-state index in [2.05, 4.69) is 5.32 Å². The van der Waals surface area contributed by atoms with Gasteiger partial charge in [0.1, 0.15) is 0 Å². The van der Waals surface area contributed by atoms with Gasteiger partial charge in [0.05, 0.1) is 5.56 Å². The van der Waals surface area contributed by atoms with Crippen molar-refractivity contribution in [3.05, 3.63) is 29.3 Å². The highest BCUT2D eigenvalue weighted by Crippen LogP contribution is 2.25. The minimum atomic E-state index is -1.45. The standard InChI is InChI=1S/C13H13F2NO4/c1-6(12(17)16-8-2-3-8)20-11-9(14)4-7(13(18)19)5-10(11)15/h4-6,8H,2-3H2,1H3,(H,16,17)(H,18,19). The quantitative estimate of drug-likeness (QED) is 0.863. The van der Waals surface area contributed by atoms with Crippen LogP contribution in [-0.2, 0) is 4.79 Å². The van der Waals surface area contributed by atoms with Crippen LogP contribution in [0.1, 0.15) is 30.1 Å². The molecule has 2 rings (SSSR count). The first-order valence-electron chi connectivity index (χ1n) is 6.08. The normalized spacial score (nSPS) is 15.6. The highest BCUT2D eigenvalue weighted by atomic mass is 19.1. The summed E-state index contributed by atoms with van der Waals surface area (Å²) in [6.45, 7) is 1.36. The smallest absolute Gasteiger partial charge is 0.335 e. The molecule has 1 amide bonds. The van der Waals surface area contributed by atoms with Crippen LogP contribution >= 0.6 is 0 Å². The van der Waals surface area contributed by atoms with Crippen LogP contribution in [0, 0.1) is 11.6 Å². The van der Waals surface area contributed by atoms with Crippen LogP contribution in [0.3, 0.4) is 0 Å². The molecule has 1 aliphatic rings. The fourth-order valence-corrected chi connectivity index (χ4v) is 1.57. The van der Waals surface area contributed by atoms with E-state index in [-0.39, 0.29) is 6.04 Å². The SMILES string of the molecule is CC(Oc1c(F)cc(C(=O)O)cc1F)C(=O)NC1CC1. The first kappa shape index (κ1) is 14.2. The molecule has 0 radical (unpaired) electrons. The minimum absolute atomic E-state index is 0.109. The van der Waals surface area contributed by atoms with Gasteiger partial charge in [-0.05, 0) is 31.9 Å². The second-order valence-electron chi connectivity index (χ2n) is 4.62. The predicted molar refractivity (Wildman–Crippen MR) is 64.6 cm³/mol. The molecule has 0 heterocycles. The van der Waals surface area contributed by atoms with Crippen LogP contribution in [0.25, 0.3) is 0 Å². The molecule has 0 saturated heterocycles. The first-order chi connectivity index (χ1) is 9.38. The van der Waals surface area contributed by atoms with Gasteiger partial charge >= 0.3 is 5.97 Å². The Kier molecular flexibility index (Phi) is 3.87. The second-order valence-corrected chi connectivity index (χ2v) is 4.62. The molecule has 0 aliphatic heterocycles. The van der Waals surface area contributed by atoms with Crippen LogP contribution in [0.4, 0.5) is 8.78 Å². The summed E-state index contributed by atoms with van der Waals surface area (Å²) in [6.07, 6.45) is 0.693. The molecule has 108 valence electrons. The number of carboxylic acid groups (broad SMARTS) is 1. The Labute approximate surface area is 113 Å². The molecule has 5 nitrogen and oxygen atoms in total. The van der Waals surface area contributed by atoms with Crippen LogP contribution in [-0.4, -0.2) is 29.1 Å². The zero-order chi connectivity index (χ0) is 14.9. The predicted octanol–water partition coefficient (Wildman–Crippen LogP) is 1.71. The van der Waals surface area contributed by atoms with Crippen molar-refractivity contribution in [2.45, 2.75) is 31.9 Å². The van der Waals surface area contributed by atoms with Crippen molar-refractivity contribution < 1.29 is 28.2 Å². The Morgan fingerprint density at radius 3 is 2.35 bits per heavy atom. The zero-order valence-electron chi connectivity index (χ0n) is 10.7. The summed E-state index contributed by atoms with van der Waals surface area (Å²) in [5, 5.41) is 11.3. The number of hydrogen-bond acceptors (Lipinski definition) is 3. The van der Waals surface area contributed by atoms with E-state index in [0.717, 1.165) is 12.8 Å². The Hall–Kier alpha value is -2.18. The van der Waals surface area contributed by atoms with Gasteiger partial charge in [0.2, 0.25) is 0 Å². The van der Waals surface area contributed by atoms with Crippen LogP contribution < -0.4 is 10.1 Å². The van der Waals surface area contributed by atoms with E-state index >= 15 is 0 Å². The third-order valence-electron chi connectivity index (χ3n) is 2.83. The number of carboxylic acids is 1. The molecule has 20 heavy (non-hydrogen) atoms. The summed E-state index contributed by atoms with van der Waals surface area (Å²) in [6, 6.07) is 1.40. The largest absolute Gasteiger partial charge is 0.478 e. The molecule has 2 N–H and O–H groups in total. The third kappa shape index (κ3) is 3.23. The van der Waals surface area contributed by atoms with Gasteiger partial charge in [-0.1, -0.05) is 0 Å². The molecule has 1 atom stereocenters. The number of rotatable bonds is 5. The van der Waals surface area contributed by atoms with Crippen LogP contribution in [0.2, 0.25) is 0 Å². The summed E-state index contributed by atoms with van der Waals surface area (Å²) in [7, 11) is 0. The number of amides is 1. The maximum absolute atomic E-state index is 13.6. The number of carbonyl (C=O) groups excluding carboxylic acids is 1. The molecule has 7 heteroatoms. The summed E-state index contributed by atoms with van der Waals surface area (Å²) >= 11 is 0. The molecule has 0 spiro atoms. The number of ether oxygens (including phenoxy) is 1. The van der Waals surface area contributed by atoms with Crippen molar-refractivity contribution in [2.24, 2.45) is 0 Å². The van der Waals surface area contributed by atoms with Gasteiger partial charge in [0.25, 0.3) is 5.91 Å².